The number of anilines is 1. The quantitative estimate of drug-likeness (QED) is 0.277. The number of ether oxygens (including phenoxy) is 1. The highest BCUT2D eigenvalue weighted by atomic mass is 19.4. The third kappa shape index (κ3) is 6.45. The molecular weight excluding hydrogens is 345 g/mol. The number of nitro benzene ring substituents is 1. The van der Waals surface area contributed by atoms with Crippen molar-refractivity contribution in [3.8, 4) is 0 Å². The number of nitrogens with one attached hydrogen (secondary N) is 1. The van der Waals surface area contributed by atoms with Crippen LogP contribution in [0.15, 0.2) is 42.5 Å². The lowest BCUT2D eigenvalue weighted by Crippen LogP contribution is -2.21. The minimum Gasteiger partial charge on any atom is -0.452 e. The predicted molar refractivity (Wildman–Crippen MR) is 81.6 cm³/mol. The number of carbonyl (C=O) groups excluding carboxylic acids is 2. The number of amides is 1. The molecule has 25 heavy (non-hydrogen) atoms. The van der Waals surface area contributed by atoms with Crippen LogP contribution in [0.4, 0.5) is 24.5 Å². The summed E-state index contributed by atoms with van der Waals surface area (Å²) in [6, 6.07) is 1.66. The maximum Gasteiger partial charge on any atom is 0.416 e. The molecule has 0 spiro atoms. The van der Waals surface area contributed by atoms with Gasteiger partial charge in [0, 0.05) is 12.1 Å². The van der Waals surface area contributed by atoms with Gasteiger partial charge in [0.05, 0.1) is 10.5 Å². The molecule has 0 heterocycles. The first kappa shape index (κ1) is 19.9. The zero-order valence-corrected chi connectivity index (χ0v) is 12.9. The summed E-state index contributed by atoms with van der Waals surface area (Å²) in [7, 11) is 0. The van der Waals surface area contributed by atoms with Crippen LogP contribution in [0.3, 0.4) is 0 Å². The Balaban J connectivity index is 2.80. The van der Waals surface area contributed by atoms with Gasteiger partial charge in [-0.3, -0.25) is 14.9 Å². The van der Waals surface area contributed by atoms with Crippen LogP contribution in [-0.2, 0) is 20.5 Å². The fourth-order valence-electron chi connectivity index (χ4n) is 1.58. The average molecular weight is 358 g/mol. The molecule has 0 aromatic heterocycles. The van der Waals surface area contributed by atoms with Crippen molar-refractivity contribution >= 4 is 23.3 Å². The standard InChI is InChI=1S/C15H13F3N2O5/c1-2-3-4-5-14(22)25-9-13(21)19-11-7-6-10(15(16,17)18)8-12(11)20(23)24/h2-8H,9H2,1H3,(H,19,21). The Kier molecular flexibility index (Phi) is 6.85. The molecule has 1 aromatic rings. The topological polar surface area (TPSA) is 98.5 Å². The number of nitro groups is 1. The first-order valence-corrected chi connectivity index (χ1v) is 6.76. The Morgan fingerprint density at radius 3 is 2.56 bits per heavy atom. The van der Waals surface area contributed by atoms with Crippen molar-refractivity contribution in [1.82, 2.24) is 0 Å². The Labute approximate surface area is 139 Å². The molecule has 0 bridgehead atoms. The number of allylic oxidation sites excluding steroid dienone is 3. The summed E-state index contributed by atoms with van der Waals surface area (Å²) in [5.74, 6) is -1.76. The van der Waals surface area contributed by atoms with Crippen molar-refractivity contribution in [2.75, 3.05) is 11.9 Å². The van der Waals surface area contributed by atoms with E-state index in [0.717, 1.165) is 12.1 Å². The summed E-state index contributed by atoms with van der Waals surface area (Å²) in [5.41, 5.74) is -2.59. The molecule has 1 amide bonds. The molecule has 0 atom stereocenters. The molecule has 0 saturated heterocycles. The van der Waals surface area contributed by atoms with Gasteiger partial charge in [-0.15, -0.1) is 0 Å². The Morgan fingerprint density at radius 2 is 2.00 bits per heavy atom. The van der Waals surface area contributed by atoms with Crippen LogP contribution in [0.2, 0.25) is 0 Å². The van der Waals surface area contributed by atoms with Crippen LogP contribution in [0, 0.1) is 10.1 Å². The van der Waals surface area contributed by atoms with Crippen LogP contribution in [0.25, 0.3) is 0 Å². The third-order valence-electron chi connectivity index (χ3n) is 2.68. The van der Waals surface area contributed by atoms with Gasteiger partial charge in [-0.05, 0) is 19.1 Å². The van der Waals surface area contributed by atoms with Crippen LogP contribution < -0.4 is 5.32 Å². The van der Waals surface area contributed by atoms with Crippen LogP contribution in [0.1, 0.15) is 12.5 Å². The van der Waals surface area contributed by atoms with Gasteiger partial charge in [-0.25, -0.2) is 4.79 Å². The van der Waals surface area contributed by atoms with E-state index in [0.29, 0.717) is 12.1 Å². The summed E-state index contributed by atoms with van der Waals surface area (Å²) in [4.78, 5) is 32.7. The van der Waals surface area contributed by atoms with Gasteiger partial charge in [0.25, 0.3) is 11.6 Å². The van der Waals surface area contributed by atoms with Gasteiger partial charge < -0.3 is 10.1 Å². The van der Waals surface area contributed by atoms with Gasteiger partial charge in [0.15, 0.2) is 6.61 Å². The number of hydrogen-bond donors (Lipinski definition) is 1. The van der Waals surface area contributed by atoms with E-state index in [1.54, 1.807) is 19.1 Å². The lowest BCUT2D eigenvalue weighted by molar-refractivity contribution is -0.384. The molecule has 0 radical (unpaired) electrons. The molecule has 0 fully saturated rings. The molecule has 0 aliphatic heterocycles. The SMILES string of the molecule is CC=CC=CC(=O)OCC(=O)Nc1ccc(C(F)(F)F)cc1[N+](=O)[O-]. The first-order chi connectivity index (χ1) is 11.6. The molecule has 134 valence electrons. The zero-order chi connectivity index (χ0) is 19.0. The van der Waals surface area contributed by atoms with E-state index in [-0.39, 0.29) is 0 Å². The van der Waals surface area contributed by atoms with Crippen LogP contribution >= 0.6 is 0 Å². The van der Waals surface area contributed by atoms with Crippen molar-refractivity contribution in [2.24, 2.45) is 0 Å². The molecule has 7 nitrogen and oxygen atoms in total. The second kappa shape index (κ2) is 8.62. The van der Waals surface area contributed by atoms with Crippen molar-refractivity contribution in [3.63, 3.8) is 0 Å². The minimum absolute atomic E-state index is 0.307. The van der Waals surface area contributed by atoms with Crippen molar-refractivity contribution in [1.29, 1.82) is 0 Å². The summed E-state index contributed by atoms with van der Waals surface area (Å²) in [6.07, 6.45) is 0.865. The predicted octanol–water partition coefficient (Wildman–Crippen LogP) is 3.23. The molecule has 10 heteroatoms. The fourth-order valence-corrected chi connectivity index (χ4v) is 1.58. The van der Waals surface area contributed by atoms with E-state index in [1.807, 2.05) is 5.32 Å². The maximum absolute atomic E-state index is 12.6. The number of rotatable bonds is 6. The largest absolute Gasteiger partial charge is 0.452 e. The molecule has 0 aliphatic rings. The molecule has 0 unspecified atom stereocenters. The van der Waals surface area contributed by atoms with Crippen molar-refractivity contribution < 1.29 is 32.4 Å². The fraction of sp³-hybridized carbons (Fsp3) is 0.200. The minimum atomic E-state index is -4.76. The number of alkyl halides is 3. The number of esters is 1. The second-order valence-electron chi connectivity index (χ2n) is 4.53. The number of benzene rings is 1. The monoisotopic (exact) mass is 358 g/mol. The third-order valence-corrected chi connectivity index (χ3v) is 2.68. The average Bonchev–Trinajstić information content (AvgIpc) is 2.52. The van der Waals surface area contributed by atoms with E-state index < -0.39 is 46.5 Å². The highest BCUT2D eigenvalue weighted by Crippen LogP contribution is 2.34. The molecular formula is C15H13F3N2O5. The normalized spacial score (nSPS) is 11.7. The molecule has 1 aromatic carbocycles. The number of halogens is 3. The van der Waals surface area contributed by atoms with Gasteiger partial charge in [-0.2, -0.15) is 13.2 Å². The Morgan fingerprint density at radius 1 is 1.32 bits per heavy atom. The maximum atomic E-state index is 12.6. The van der Waals surface area contributed by atoms with E-state index >= 15 is 0 Å². The van der Waals surface area contributed by atoms with E-state index in [9.17, 15) is 32.9 Å². The van der Waals surface area contributed by atoms with E-state index in [2.05, 4.69) is 4.74 Å². The van der Waals surface area contributed by atoms with Crippen molar-refractivity contribution in [3.05, 3.63) is 58.2 Å². The molecule has 1 N–H and O–H groups in total. The lowest BCUT2D eigenvalue weighted by atomic mass is 10.1. The number of nitrogens with zero attached hydrogens (tertiary/aromatic N) is 1. The van der Waals surface area contributed by atoms with Gasteiger partial charge in [-0.1, -0.05) is 18.2 Å². The first-order valence-electron chi connectivity index (χ1n) is 6.76. The summed E-state index contributed by atoms with van der Waals surface area (Å²) in [6.45, 7) is 0.970. The van der Waals surface area contributed by atoms with E-state index in [1.165, 1.54) is 6.08 Å². The summed E-state index contributed by atoms with van der Waals surface area (Å²) >= 11 is 0. The number of carbonyl (C=O) groups is 2. The van der Waals surface area contributed by atoms with Crippen LogP contribution in [0.5, 0.6) is 0 Å². The molecule has 0 saturated carbocycles. The van der Waals surface area contributed by atoms with Gasteiger partial charge >= 0.3 is 12.1 Å². The zero-order valence-electron chi connectivity index (χ0n) is 12.9. The van der Waals surface area contributed by atoms with Gasteiger partial charge in [0.1, 0.15) is 5.69 Å². The smallest absolute Gasteiger partial charge is 0.416 e. The highest BCUT2D eigenvalue weighted by Gasteiger charge is 2.33. The Hall–Kier alpha value is -3.17. The molecule has 0 aliphatic carbocycles. The van der Waals surface area contributed by atoms with E-state index in [4.69, 9.17) is 0 Å². The van der Waals surface area contributed by atoms with Gasteiger partial charge in [0.2, 0.25) is 0 Å². The summed E-state index contributed by atoms with van der Waals surface area (Å²) < 4.78 is 42.3. The van der Waals surface area contributed by atoms with Crippen molar-refractivity contribution in [2.45, 2.75) is 13.1 Å². The van der Waals surface area contributed by atoms with Crippen LogP contribution in [-0.4, -0.2) is 23.4 Å². The summed E-state index contributed by atoms with van der Waals surface area (Å²) in [5, 5.41) is 12.9. The lowest BCUT2D eigenvalue weighted by Gasteiger charge is -2.10. The second-order valence-corrected chi connectivity index (χ2v) is 4.53. The highest BCUT2D eigenvalue weighted by molar-refractivity contribution is 5.95. The number of hydrogen-bond acceptors (Lipinski definition) is 5. The molecule has 1 rings (SSSR count). The Bertz CT molecular complexity index is 726.